The smallest absolute Gasteiger partial charge is 0.224 e. The lowest BCUT2D eigenvalue weighted by atomic mass is 10.2. The van der Waals surface area contributed by atoms with E-state index in [9.17, 15) is 4.79 Å². The highest BCUT2D eigenvalue weighted by Crippen LogP contribution is 2.29. The number of carbonyl (C=O) groups is 1. The van der Waals surface area contributed by atoms with Gasteiger partial charge in [0.15, 0.2) is 11.7 Å². The number of hydrogen-bond donors (Lipinski definition) is 1. The summed E-state index contributed by atoms with van der Waals surface area (Å²) in [6, 6.07) is 13.1. The number of carbonyl (C=O) groups excluding carboxylic acids is 1. The van der Waals surface area contributed by atoms with Crippen molar-refractivity contribution in [2.45, 2.75) is 38.7 Å². The molecule has 1 unspecified atom stereocenters. The van der Waals surface area contributed by atoms with Crippen LogP contribution in [0, 0.1) is 6.92 Å². The molecule has 0 bridgehead atoms. The SMILES string of the molecule is Cc1ccc(NC(=O)CCc2ncc(-c3ccccc3Cl)o2)c(OCC2CCCO2)c1. The zero-order chi connectivity index (χ0) is 21.6. The molecule has 1 aliphatic rings. The molecule has 1 fully saturated rings. The lowest BCUT2D eigenvalue weighted by molar-refractivity contribution is -0.116. The molecule has 1 amide bonds. The third-order valence-electron chi connectivity index (χ3n) is 5.12. The number of nitrogens with zero attached hydrogens (tertiary/aromatic N) is 1. The molecule has 1 aromatic heterocycles. The average Bonchev–Trinajstić information content (AvgIpc) is 3.45. The summed E-state index contributed by atoms with van der Waals surface area (Å²) < 4.78 is 17.3. The maximum atomic E-state index is 12.5. The Kier molecular flexibility index (Phi) is 6.89. The molecule has 0 saturated carbocycles. The Morgan fingerprint density at radius 2 is 2.16 bits per heavy atom. The predicted molar refractivity (Wildman–Crippen MR) is 120 cm³/mol. The fourth-order valence-corrected chi connectivity index (χ4v) is 3.68. The van der Waals surface area contributed by atoms with Crippen LogP contribution in [0.3, 0.4) is 0 Å². The van der Waals surface area contributed by atoms with E-state index in [1.165, 1.54) is 0 Å². The van der Waals surface area contributed by atoms with Gasteiger partial charge >= 0.3 is 0 Å². The van der Waals surface area contributed by atoms with Gasteiger partial charge in [0, 0.05) is 25.0 Å². The van der Waals surface area contributed by atoms with Crippen LogP contribution in [0.2, 0.25) is 5.02 Å². The summed E-state index contributed by atoms with van der Waals surface area (Å²) in [4.78, 5) is 16.8. The zero-order valence-corrected chi connectivity index (χ0v) is 18.2. The lowest BCUT2D eigenvalue weighted by Crippen LogP contribution is -2.18. The Hall–Kier alpha value is -2.83. The Morgan fingerprint density at radius 3 is 2.97 bits per heavy atom. The second-order valence-electron chi connectivity index (χ2n) is 7.59. The Morgan fingerprint density at radius 1 is 1.29 bits per heavy atom. The average molecular weight is 441 g/mol. The van der Waals surface area contributed by atoms with Gasteiger partial charge in [-0.15, -0.1) is 0 Å². The molecule has 4 rings (SSSR count). The highest BCUT2D eigenvalue weighted by molar-refractivity contribution is 6.33. The van der Waals surface area contributed by atoms with Crippen molar-refractivity contribution in [3.63, 3.8) is 0 Å². The number of aryl methyl sites for hydroxylation is 2. The highest BCUT2D eigenvalue weighted by atomic mass is 35.5. The summed E-state index contributed by atoms with van der Waals surface area (Å²) in [7, 11) is 0. The van der Waals surface area contributed by atoms with Crippen molar-refractivity contribution in [1.29, 1.82) is 0 Å². The van der Waals surface area contributed by atoms with Gasteiger partial charge in [0.1, 0.15) is 12.4 Å². The van der Waals surface area contributed by atoms with E-state index in [2.05, 4.69) is 10.3 Å². The molecular formula is C24H25ClN2O4. The largest absolute Gasteiger partial charge is 0.489 e. The number of oxazole rings is 1. The third-order valence-corrected chi connectivity index (χ3v) is 5.45. The van der Waals surface area contributed by atoms with Gasteiger partial charge in [-0.25, -0.2) is 4.98 Å². The third kappa shape index (κ3) is 5.66. The minimum absolute atomic E-state index is 0.112. The van der Waals surface area contributed by atoms with Crippen LogP contribution < -0.4 is 10.1 Å². The molecule has 31 heavy (non-hydrogen) atoms. The van der Waals surface area contributed by atoms with Crippen molar-refractivity contribution in [1.82, 2.24) is 4.98 Å². The molecule has 1 N–H and O–H groups in total. The standard InChI is InChI=1S/C24H25ClN2O4/c1-16-8-9-20(21(13-16)30-15-17-5-4-12-29-17)27-23(28)10-11-24-26-14-22(31-24)18-6-2-3-7-19(18)25/h2-3,6-9,13-14,17H,4-5,10-12,15H2,1H3,(H,27,28). The summed E-state index contributed by atoms with van der Waals surface area (Å²) in [5.74, 6) is 1.59. The van der Waals surface area contributed by atoms with Crippen molar-refractivity contribution >= 4 is 23.2 Å². The minimum Gasteiger partial charge on any atom is -0.489 e. The number of halogens is 1. The van der Waals surface area contributed by atoms with E-state index in [-0.39, 0.29) is 18.4 Å². The summed E-state index contributed by atoms with van der Waals surface area (Å²) in [6.45, 7) is 3.25. The molecule has 162 valence electrons. The minimum atomic E-state index is -0.136. The van der Waals surface area contributed by atoms with Crippen LogP contribution in [-0.2, 0) is 16.0 Å². The van der Waals surface area contributed by atoms with Gasteiger partial charge in [0.05, 0.1) is 23.0 Å². The number of aromatic nitrogens is 1. The molecule has 1 saturated heterocycles. The second-order valence-corrected chi connectivity index (χ2v) is 8.00. The van der Waals surface area contributed by atoms with E-state index < -0.39 is 0 Å². The van der Waals surface area contributed by atoms with Crippen molar-refractivity contribution in [3.8, 4) is 17.1 Å². The predicted octanol–water partition coefficient (Wildman–Crippen LogP) is 5.43. The van der Waals surface area contributed by atoms with Gasteiger partial charge in [-0.05, 0) is 49.6 Å². The normalized spacial score (nSPS) is 15.7. The van der Waals surface area contributed by atoms with E-state index in [0.717, 1.165) is 30.6 Å². The summed E-state index contributed by atoms with van der Waals surface area (Å²) in [5, 5.41) is 3.53. The van der Waals surface area contributed by atoms with E-state index in [0.29, 0.717) is 41.1 Å². The number of hydrogen-bond acceptors (Lipinski definition) is 5. The topological polar surface area (TPSA) is 73.6 Å². The molecule has 0 radical (unpaired) electrons. The van der Waals surface area contributed by atoms with Crippen LogP contribution in [0.1, 0.15) is 30.7 Å². The molecule has 2 heterocycles. The van der Waals surface area contributed by atoms with Crippen LogP contribution >= 0.6 is 11.6 Å². The number of ether oxygens (including phenoxy) is 2. The van der Waals surface area contributed by atoms with Crippen LogP contribution in [-0.4, -0.2) is 30.2 Å². The zero-order valence-electron chi connectivity index (χ0n) is 17.4. The summed E-state index contributed by atoms with van der Waals surface area (Å²) >= 11 is 6.21. The van der Waals surface area contributed by atoms with E-state index >= 15 is 0 Å². The fraction of sp³-hybridized carbons (Fsp3) is 0.333. The van der Waals surface area contributed by atoms with Crippen molar-refractivity contribution in [2.75, 3.05) is 18.5 Å². The van der Waals surface area contributed by atoms with Gasteiger partial charge in [-0.2, -0.15) is 0 Å². The Bertz CT molecular complexity index is 1040. The molecule has 7 heteroatoms. The monoisotopic (exact) mass is 440 g/mol. The molecule has 1 atom stereocenters. The van der Waals surface area contributed by atoms with Crippen LogP contribution in [0.15, 0.2) is 53.1 Å². The number of rotatable bonds is 8. The van der Waals surface area contributed by atoms with Crippen LogP contribution in [0.25, 0.3) is 11.3 Å². The first-order valence-corrected chi connectivity index (χ1v) is 10.8. The van der Waals surface area contributed by atoms with Crippen LogP contribution in [0.4, 0.5) is 5.69 Å². The molecular weight excluding hydrogens is 416 g/mol. The molecule has 0 spiro atoms. The molecule has 2 aromatic carbocycles. The first kappa shape index (κ1) is 21.4. The second kappa shape index (κ2) is 9.98. The molecule has 0 aliphatic carbocycles. The number of benzene rings is 2. The maximum absolute atomic E-state index is 12.5. The Balaban J connectivity index is 1.34. The molecule has 1 aliphatic heterocycles. The van der Waals surface area contributed by atoms with E-state index in [1.807, 2.05) is 43.3 Å². The quantitative estimate of drug-likeness (QED) is 0.505. The first-order chi connectivity index (χ1) is 15.1. The fourth-order valence-electron chi connectivity index (χ4n) is 3.46. The van der Waals surface area contributed by atoms with Crippen molar-refractivity contribution < 1.29 is 18.7 Å². The molecule has 6 nitrogen and oxygen atoms in total. The van der Waals surface area contributed by atoms with Gasteiger partial charge in [0.25, 0.3) is 0 Å². The lowest BCUT2D eigenvalue weighted by Gasteiger charge is -2.16. The van der Waals surface area contributed by atoms with E-state index in [4.69, 9.17) is 25.5 Å². The first-order valence-electron chi connectivity index (χ1n) is 10.4. The van der Waals surface area contributed by atoms with E-state index in [1.54, 1.807) is 12.3 Å². The van der Waals surface area contributed by atoms with Gasteiger partial charge in [0.2, 0.25) is 5.91 Å². The van der Waals surface area contributed by atoms with Crippen LogP contribution in [0.5, 0.6) is 5.75 Å². The summed E-state index contributed by atoms with van der Waals surface area (Å²) in [6.07, 6.45) is 4.42. The molecule has 3 aromatic rings. The van der Waals surface area contributed by atoms with Crippen molar-refractivity contribution in [3.05, 3.63) is 65.1 Å². The summed E-state index contributed by atoms with van der Waals surface area (Å²) in [5.41, 5.74) is 2.49. The number of nitrogens with one attached hydrogen (secondary N) is 1. The highest BCUT2D eigenvalue weighted by Gasteiger charge is 2.18. The van der Waals surface area contributed by atoms with Gasteiger partial charge < -0.3 is 19.2 Å². The van der Waals surface area contributed by atoms with Gasteiger partial charge in [-0.3, -0.25) is 4.79 Å². The number of anilines is 1. The van der Waals surface area contributed by atoms with Crippen molar-refractivity contribution in [2.24, 2.45) is 0 Å². The van der Waals surface area contributed by atoms with Gasteiger partial charge in [-0.1, -0.05) is 29.8 Å². The maximum Gasteiger partial charge on any atom is 0.224 e. The Labute approximate surface area is 186 Å². The number of amides is 1.